The quantitative estimate of drug-likeness (QED) is 0.530. The van der Waals surface area contributed by atoms with Crippen LogP contribution < -0.4 is 4.74 Å². The number of carbonyl (C=O) groups is 1. The Morgan fingerprint density at radius 1 is 0.917 bits per heavy atom. The number of ether oxygens (including phenoxy) is 1. The molecule has 0 aromatic heterocycles. The molecule has 194 valence electrons. The molecule has 3 saturated heterocycles. The molecule has 1 amide bonds. The summed E-state index contributed by atoms with van der Waals surface area (Å²) in [5, 5.41) is 0. The lowest BCUT2D eigenvalue weighted by atomic mass is 9.76. The Morgan fingerprint density at radius 3 is 2.28 bits per heavy atom. The molecule has 0 saturated carbocycles. The maximum Gasteiger partial charge on any atom is 0.229 e. The molecule has 36 heavy (non-hydrogen) atoms. The van der Waals surface area contributed by atoms with Gasteiger partial charge in [0.05, 0.1) is 12.5 Å². The van der Waals surface area contributed by atoms with Gasteiger partial charge in [0.25, 0.3) is 0 Å². The van der Waals surface area contributed by atoms with E-state index in [2.05, 4.69) is 71.0 Å². The Balaban J connectivity index is 1.18. The average molecular weight is 490 g/mol. The summed E-state index contributed by atoms with van der Waals surface area (Å²) in [7, 11) is 1.69. The molecular formula is C31H43N3O2. The van der Waals surface area contributed by atoms with Crippen LogP contribution in [0.1, 0.15) is 50.2 Å². The molecule has 3 fully saturated rings. The topological polar surface area (TPSA) is 36.0 Å². The predicted molar refractivity (Wildman–Crippen MR) is 145 cm³/mol. The largest absolute Gasteiger partial charge is 0.497 e. The monoisotopic (exact) mass is 489 g/mol. The van der Waals surface area contributed by atoms with Crippen LogP contribution in [0, 0.1) is 17.3 Å². The lowest BCUT2D eigenvalue weighted by Gasteiger charge is -2.39. The van der Waals surface area contributed by atoms with Crippen LogP contribution in [0.3, 0.4) is 0 Å². The zero-order chi connectivity index (χ0) is 25.1. The highest BCUT2D eigenvalue weighted by Gasteiger charge is 2.48. The Bertz CT molecular complexity index is 998. The molecule has 1 spiro atoms. The second-order valence-corrected chi connectivity index (χ2v) is 11.8. The molecule has 0 N–H and O–H groups in total. The second kappa shape index (κ2) is 10.9. The molecule has 5 heteroatoms. The Labute approximate surface area is 217 Å². The third-order valence-corrected chi connectivity index (χ3v) is 8.81. The van der Waals surface area contributed by atoms with E-state index in [1.165, 1.54) is 30.8 Å². The molecular weight excluding hydrogens is 446 g/mol. The number of benzene rings is 2. The number of methoxy groups -OCH3 is 1. The molecule has 5 rings (SSSR count). The summed E-state index contributed by atoms with van der Waals surface area (Å²) in [5.41, 5.74) is 2.53. The fourth-order valence-electron chi connectivity index (χ4n) is 6.84. The SMILES string of the molecule is COc1ccc(CN2CCC3(CCN(C[C@H]4CN(CC(C)C)C[C@@H]4c4ccccc4)CC3)C2=O)cc1. The van der Waals surface area contributed by atoms with Crippen molar-refractivity contribution in [2.75, 3.05) is 52.9 Å². The first-order valence-corrected chi connectivity index (χ1v) is 13.9. The number of amides is 1. The summed E-state index contributed by atoms with van der Waals surface area (Å²) in [6, 6.07) is 19.3. The van der Waals surface area contributed by atoms with E-state index >= 15 is 0 Å². The molecule has 0 bridgehead atoms. The number of rotatable bonds is 8. The van der Waals surface area contributed by atoms with Crippen molar-refractivity contribution in [2.45, 2.75) is 45.6 Å². The molecule has 2 atom stereocenters. The van der Waals surface area contributed by atoms with E-state index in [9.17, 15) is 4.79 Å². The van der Waals surface area contributed by atoms with Crippen LogP contribution in [-0.2, 0) is 11.3 Å². The smallest absolute Gasteiger partial charge is 0.229 e. The van der Waals surface area contributed by atoms with E-state index in [-0.39, 0.29) is 5.41 Å². The number of likely N-dealkylation sites (tertiary alicyclic amines) is 3. The number of piperidine rings is 1. The van der Waals surface area contributed by atoms with Gasteiger partial charge in [-0.2, -0.15) is 0 Å². The molecule has 0 radical (unpaired) electrons. The highest BCUT2D eigenvalue weighted by Crippen LogP contribution is 2.43. The normalized spacial score (nSPS) is 24.8. The first-order valence-electron chi connectivity index (χ1n) is 13.9. The van der Waals surface area contributed by atoms with Crippen molar-refractivity contribution < 1.29 is 9.53 Å². The van der Waals surface area contributed by atoms with Gasteiger partial charge in [-0.05, 0) is 67.4 Å². The average Bonchev–Trinajstić information content (AvgIpc) is 3.42. The number of nitrogens with zero attached hydrogens (tertiary/aromatic N) is 3. The van der Waals surface area contributed by atoms with E-state index in [1.54, 1.807) is 7.11 Å². The predicted octanol–water partition coefficient (Wildman–Crippen LogP) is 4.88. The van der Waals surface area contributed by atoms with E-state index in [4.69, 9.17) is 4.74 Å². The molecule has 3 heterocycles. The minimum absolute atomic E-state index is 0.138. The molecule has 0 unspecified atom stereocenters. The Hall–Kier alpha value is -2.37. The Kier molecular flexibility index (Phi) is 7.68. The summed E-state index contributed by atoms with van der Waals surface area (Å²) in [6.07, 6.45) is 3.01. The van der Waals surface area contributed by atoms with Crippen LogP contribution in [0.4, 0.5) is 0 Å². The lowest BCUT2D eigenvalue weighted by Crippen LogP contribution is -2.46. The van der Waals surface area contributed by atoms with Gasteiger partial charge < -0.3 is 19.4 Å². The van der Waals surface area contributed by atoms with E-state index in [1.807, 2.05) is 12.1 Å². The first kappa shape index (κ1) is 25.3. The third-order valence-electron chi connectivity index (χ3n) is 8.81. The molecule has 3 aliphatic heterocycles. The van der Waals surface area contributed by atoms with Gasteiger partial charge in [-0.1, -0.05) is 56.3 Å². The minimum Gasteiger partial charge on any atom is -0.497 e. The van der Waals surface area contributed by atoms with Crippen molar-refractivity contribution >= 4 is 5.91 Å². The van der Waals surface area contributed by atoms with E-state index in [0.29, 0.717) is 30.2 Å². The van der Waals surface area contributed by atoms with Crippen LogP contribution in [0.15, 0.2) is 54.6 Å². The van der Waals surface area contributed by atoms with Crippen molar-refractivity contribution in [3.8, 4) is 5.75 Å². The van der Waals surface area contributed by atoms with Crippen LogP contribution in [0.25, 0.3) is 0 Å². The standard InChI is InChI=1S/C31H43N3O2/c1-24(2)19-33-22-27(29(23-33)26-7-5-4-6-8-26)21-32-16-13-31(14-17-32)15-18-34(30(31)35)20-25-9-11-28(36-3)12-10-25/h4-12,24,27,29H,13-23H2,1-3H3/t27-,29+/m0/s1. The summed E-state index contributed by atoms with van der Waals surface area (Å²) < 4.78 is 5.27. The van der Waals surface area contributed by atoms with Gasteiger partial charge in [0.1, 0.15) is 5.75 Å². The van der Waals surface area contributed by atoms with E-state index in [0.717, 1.165) is 51.2 Å². The summed E-state index contributed by atoms with van der Waals surface area (Å²) in [4.78, 5) is 20.9. The lowest BCUT2D eigenvalue weighted by molar-refractivity contribution is -0.139. The van der Waals surface area contributed by atoms with E-state index < -0.39 is 0 Å². The molecule has 0 aliphatic carbocycles. The number of carbonyl (C=O) groups excluding carboxylic acids is 1. The first-order chi connectivity index (χ1) is 17.5. The van der Waals surface area contributed by atoms with Crippen molar-refractivity contribution in [1.29, 1.82) is 0 Å². The fraction of sp³-hybridized carbons (Fsp3) is 0.581. The van der Waals surface area contributed by atoms with Crippen LogP contribution >= 0.6 is 0 Å². The Morgan fingerprint density at radius 2 is 1.61 bits per heavy atom. The molecule has 5 nitrogen and oxygen atoms in total. The third kappa shape index (κ3) is 5.47. The highest BCUT2D eigenvalue weighted by atomic mass is 16.5. The van der Waals surface area contributed by atoms with Crippen molar-refractivity contribution in [2.24, 2.45) is 17.3 Å². The van der Waals surface area contributed by atoms with Gasteiger partial charge in [0, 0.05) is 45.2 Å². The van der Waals surface area contributed by atoms with Crippen molar-refractivity contribution in [3.63, 3.8) is 0 Å². The van der Waals surface area contributed by atoms with Crippen LogP contribution in [0.5, 0.6) is 5.75 Å². The van der Waals surface area contributed by atoms with Gasteiger partial charge in [-0.3, -0.25) is 4.79 Å². The number of hydrogen-bond donors (Lipinski definition) is 0. The van der Waals surface area contributed by atoms with Crippen LogP contribution in [-0.4, -0.2) is 73.5 Å². The summed E-state index contributed by atoms with van der Waals surface area (Å²) >= 11 is 0. The second-order valence-electron chi connectivity index (χ2n) is 11.8. The van der Waals surface area contributed by atoms with Gasteiger partial charge >= 0.3 is 0 Å². The van der Waals surface area contributed by atoms with Crippen LogP contribution in [0.2, 0.25) is 0 Å². The fourth-order valence-corrected chi connectivity index (χ4v) is 6.84. The molecule has 2 aromatic rings. The summed E-state index contributed by atoms with van der Waals surface area (Å²) in [5.74, 6) is 3.20. The molecule has 2 aromatic carbocycles. The maximum absolute atomic E-state index is 13.5. The zero-order valence-corrected chi connectivity index (χ0v) is 22.4. The van der Waals surface area contributed by atoms with Crippen molar-refractivity contribution in [1.82, 2.24) is 14.7 Å². The minimum atomic E-state index is -0.138. The van der Waals surface area contributed by atoms with Gasteiger partial charge in [-0.25, -0.2) is 0 Å². The summed E-state index contributed by atoms with van der Waals surface area (Å²) in [6.45, 7) is 13.0. The molecule has 3 aliphatic rings. The van der Waals surface area contributed by atoms with Gasteiger partial charge in [0.2, 0.25) is 5.91 Å². The van der Waals surface area contributed by atoms with Gasteiger partial charge in [0.15, 0.2) is 0 Å². The van der Waals surface area contributed by atoms with Gasteiger partial charge in [-0.15, -0.1) is 0 Å². The number of hydrogen-bond acceptors (Lipinski definition) is 4. The maximum atomic E-state index is 13.5. The van der Waals surface area contributed by atoms with Crippen molar-refractivity contribution in [3.05, 3.63) is 65.7 Å². The highest BCUT2D eigenvalue weighted by molar-refractivity contribution is 5.85. The zero-order valence-electron chi connectivity index (χ0n) is 22.4.